The normalized spacial score (nSPS) is 16.4. The number of carbonyl (C=O) groups excluding carboxylic acids is 2. The molecule has 0 atom stereocenters. The maximum atomic E-state index is 14.1. The van der Waals surface area contributed by atoms with Gasteiger partial charge in [0.15, 0.2) is 0 Å². The minimum atomic E-state index is -4.02. The number of hydrogen-bond donors (Lipinski definition) is 1. The van der Waals surface area contributed by atoms with Gasteiger partial charge in [-0.2, -0.15) is 0 Å². The van der Waals surface area contributed by atoms with Crippen molar-refractivity contribution in [3.63, 3.8) is 0 Å². The predicted octanol–water partition coefficient (Wildman–Crippen LogP) is 5.28. The van der Waals surface area contributed by atoms with Crippen LogP contribution in [0.25, 0.3) is 15.7 Å². The van der Waals surface area contributed by atoms with Gasteiger partial charge in [0.05, 0.1) is 36.5 Å². The number of hydrogen-bond acceptors (Lipinski definition) is 6. The molecule has 0 radical (unpaired) electrons. The van der Waals surface area contributed by atoms with Gasteiger partial charge in [0.2, 0.25) is 21.6 Å². The van der Waals surface area contributed by atoms with Gasteiger partial charge in [-0.25, -0.2) is 13.3 Å². The number of rotatable bonds is 8. The number of carbonyl (C=O) groups is 2. The second-order valence-corrected chi connectivity index (χ2v) is 13.0. The second-order valence-electron chi connectivity index (χ2n) is 11.2. The van der Waals surface area contributed by atoms with Crippen molar-refractivity contribution in [3.8, 4) is 0 Å². The average molecular weight is 578 g/mol. The summed E-state index contributed by atoms with van der Waals surface area (Å²) in [5.41, 5.74) is 6.46. The van der Waals surface area contributed by atoms with Gasteiger partial charge in [0.1, 0.15) is 0 Å². The zero-order valence-corrected chi connectivity index (χ0v) is 23.5. The van der Waals surface area contributed by atoms with E-state index in [1.807, 2.05) is 12.3 Å². The minimum absolute atomic E-state index is 0.119. The maximum Gasteiger partial charge on any atom is 0.258 e. The summed E-state index contributed by atoms with van der Waals surface area (Å²) in [4.78, 5) is 40.6. The van der Waals surface area contributed by atoms with E-state index in [-0.39, 0.29) is 18.0 Å². The summed E-state index contributed by atoms with van der Waals surface area (Å²) < 4.78 is 27.6. The molecule has 1 N–H and O–H groups in total. The Balaban J connectivity index is 1.18. The Bertz CT molecular complexity index is 1930. The molecule has 3 aliphatic rings. The number of nitrogens with zero attached hydrogens (tertiary/aromatic N) is 4. The first-order valence-corrected chi connectivity index (χ1v) is 15.7. The van der Waals surface area contributed by atoms with Crippen molar-refractivity contribution in [2.45, 2.75) is 56.2 Å². The summed E-state index contributed by atoms with van der Waals surface area (Å²) in [6, 6.07) is 13.8. The molecule has 210 valence electrons. The fourth-order valence-corrected chi connectivity index (χ4v) is 7.21. The lowest BCUT2D eigenvalue weighted by atomic mass is 9.88. The average Bonchev–Trinajstić information content (AvgIpc) is 3.90. The molecule has 42 heavy (non-hydrogen) atoms. The largest absolute Gasteiger partial charge is 0.313 e. The van der Waals surface area contributed by atoms with E-state index in [9.17, 15) is 18.0 Å². The Morgan fingerprint density at radius 1 is 1.00 bits per heavy atom. The van der Waals surface area contributed by atoms with Crippen LogP contribution in [0.4, 0.5) is 11.4 Å². The standard InChI is InChI=1S/C32H27N5O4S/c1-33-25-15-19(18-42(40,41)36-27(38)16-22-5-2-3-13-34-22)7-12-26(25)37-17-24-29(21-10-11-21)31-23(6-4-14-35-31)28(20-8-9-20)30(24)32(37)39/h2-7,12-15,20-21H,8-11,16-18H2,(H,36,38). The van der Waals surface area contributed by atoms with Crippen molar-refractivity contribution in [2.75, 3.05) is 4.90 Å². The molecule has 2 saturated carbocycles. The van der Waals surface area contributed by atoms with Crippen LogP contribution in [-0.2, 0) is 33.5 Å². The summed E-state index contributed by atoms with van der Waals surface area (Å²) in [6.07, 6.45) is 7.42. The summed E-state index contributed by atoms with van der Waals surface area (Å²) in [5, 5.41) is 1.06. The first kappa shape index (κ1) is 26.3. The van der Waals surface area contributed by atoms with Gasteiger partial charge in [0, 0.05) is 29.0 Å². The minimum Gasteiger partial charge on any atom is -0.313 e. The highest BCUT2D eigenvalue weighted by atomic mass is 32.2. The van der Waals surface area contributed by atoms with E-state index in [2.05, 4.69) is 20.6 Å². The highest BCUT2D eigenvalue weighted by Crippen LogP contribution is 2.53. The molecule has 2 fully saturated rings. The summed E-state index contributed by atoms with van der Waals surface area (Å²) in [5.74, 6) is -0.559. The van der Waals surface area contributed by atoms with Gasteiger partial charge >= 0.3 is 0 Å². The zero-order valence-electron chi connectivity index (χ0n) is 22.7. The van der Waals surface area contributed by atoms with E-state index in [4.69, 9.17) is 11.6 Å². The molecule has 3 heterocycles. The third-order valence-corrected chi connectivity index (χ3v) is 9.39. The first-order chi connectivity index (χ1) is 20.3. The molecular weight excluding hydrogens is 550 g/mol. The molecule has 2 amide bonds. The van der Waals surface area contributed by atoms with E-state index >= 15 is 0 Å². The van der Waals surface area contributed by atoms with Crippen molar-refractivity contribution in [1.82, 2.24) is 14.7 Å². The predicted molar refractivity (Wildman–Crippen MR) is 158 cm³/mol. The molecule has 2 aliphatic carbocycles. The first-order valence-electron chi connectivity index (χ1n) is 14.0. The molecule has 1 aliphatic heterocycles. The van der Waals surface area contributed by atoms with Crippen LogP contribution >= 0.6 is 0 Å². The summed E-state index contributed by atoms with van der Waals surface area (Å²) in [6.45, 7) is 8.21. The third-order valence-electron chi connectivity index (χ3n) is 8.14. The zero-order chi connectivity index (χ0) is 29.0. The molecule has 9 nitrogen and oxygen atoms in total. The number of nitrogens with one attached hydrogen (secondary N) is 1. The molecular formula is C32H27N5O4S. The molecule has 0 unspecified atom stereocenters. The Morgan fingerprint density at radius 2 is 1.76 bits per heavy atom. The van der Waals surface area contributed by atoms with Crippen LogP contribution in [0.2, 0.25) is 0 Å². The highest BCUT2D eigenvalue weighted by Gasteiger charge is 2.42. The van der Waals surface area contributed by atoms with Crippen molar-refractivity contribution in [1.29, 1.82) is 0 Å². The Kier molecular flexibility index (Phi) is 6.28. The number of amides is 2. The molecule has 0 bridgehead atoms. The Morgan fingerprint density at radius 3 is 2.48 bits per heavy atom. The van der Waals surface area contributed by atoms with E-state index in [1.165, 1.54) is 12.3 Å². The molecule has 0 spiro atoms. The van der Waals surface area contributed by atoms with Crippen molar-refractivity contribution < 1.29 is 18.0 Å². The molecule has 7 rings (SSSR count). The molecule has 10 heteroatoms. The van der Waals surface area contributed by atoms with Gasteiger partial charge in [-0.05, 0) is 84.0 Å². The van der Waals surface area contributed by atoms with Crippen LogP contribution in [0.5, 0.6) is 0 Å². The Hall–Kier alpha value is -4.62. The van der Waals surface area contributed by atoms with Crippen molar-refractivity contribution in [2.24, 2.45) is 0 Å². The lowest BCUT2D eigenvalue weighted by molar-refractivity contribution is -0.118. The highest BCUT2D eigenvalue weighted by molar-refractivity contribution is 7.89. The van der Waals surface area contributed by atoms with Gasteiger partial charge in [-0.1, -0.05) is 24.3 Å². The topological polar surface area (TPSA) is 114 Å². The number of pyridine rings is 2. The van der Waals surface area contributed by atoms with Gasteiger partial charge in [-0.3, -0.25) is 24.3 Å². The second kappa shape index (κ2) is 10.0. The summed E-state index contributed by atoms with van der Waals surface area (Å²) in [7, 11) is -4.02. The van der Waals surface area contributed by atoms with Crippen LogP contribution in [0.1, 0.15) is 75.8 Å². The smallest absolute Gasteiger partial charge is 0.258 e. The van der Waals surface area contributed by atoms with Crippen LogP contribution in [-0.4, -0.2) is 30.2 Å². The monoisotopic (exact) mass is 577 g/mol. The SMILES string of the molecule is [C-]#[N+]c1cc(CS(=O)(=O)NC(=O)Cc2ccccn2)ccc1N1Cc2c(c(C3CC3)c3cccnc3c2C2CC2)C1=O. The quantitative estimate of drug-likeness (QED) is 0.285. The molecule has 2 aromatic heterocycles. The van der Waals surface area contributed by atoms with Crippen molar-refractivity contribution >= 4 is 44.1 Å². The summed E-state index contributed by atoms with van der Waals surface area (Å²) >= 11 is 0. The van der Waals surface area contributed by atoms with E-state index in [0.717, 1.165) is 58.8 Å². The van der Waals surface area contributed by atoms with Crippen LogP contribution in [0.15, 0.2) is 60.9 Å². The number of anilines is 1. The molecule has 0 saturated heterocycles. The van der Waals surface area contributed by atoms with Crippen LogP contribution in [0.3, 0.4) is 0 Å². The fourth-order valence-electron chi connectivity index (χ4n) is 6.10. The number of benzene rings is 2. The lowest BCUT2D eigenvalue weighted by Gasteiger charge is -2.19. The third kappa shape index (κ3) is 4.80. The Labute approximate surface area is 243 Å². The van der Waals surface area contributed by atoms with Gasteiger partial charge in [0.25, 0.3) is 5.91 Å². The number of sulfonamides is 1. The van der Waals surface area contributed by atoms with E-state index in [0.29, 0.717) is 35.3 Å². The van der Waals surface area contributed by atoms with Crippen molar-refractivity contribution in [3.05, 3.63) is 106 Å². The maximum absolute atomic E-state index is 14.1. The van der Waals surface area contributed by atoms with Crippen LogP contribution in [0, 0.1) is 6.57 Å². The van der Waals surface area contributed by atoms with Gasteiger partial charge < -0.3 is 4.90 Å². The number of fused-ring (bicyclic) bond motifs is 2. The fraction of sp³-hybridized carbons (Fsp3) is 0.281. The number of aromatic nitrogens is 2. The van der Waals surface area contributed by atoms with Crippen LogP contribution < -0.4 is 9.62 Å². The molecule has 4 aromatic rings. The van der Waals surface area contributed by atoms with E-state index < -0.39 is 21.7 Å². The van der Waals surface area contributed by atoms with E-state index in [1.54, 1.807) is 35.2 Å². The lowest BCUT2D eigenvalue weighted by Crippen LogP contribution is -2.33. The van der Waals surface area contributed by atoms with Gasteiger partial charge in [-0.15, -0.1) is 0 Å². The molecule has 2 aromatic carbocycles.